The maximum Gasteiger partial charge on any atom is 0.257 e. The van der Waals surface area contributed by atoms with Crippen molar-refractivity contribution in [3.05, 3.63) is 54.2 Å². The first-order chi connectivity index (χ1) is 19.4. The van der Waals surface area contributed by atoms with Crippen molar-refractivity contribution in [1.29, 1.82) is 0 Å². The molecule has 40 heavy (non-hydrogen) atoms. The molecule has 1 aliphatic heterocycles. The maximum atomic E-state index is 13.2. The van der Waals surface area contributed by atoms with Gasteiger partial charge in [-0.25, -0.2) is 4.98 Å². The molecule has 2 aliphatic rings. The number of aryl methyl sites for hydroxylation is 2. The number of pyridine rings is 2. The average molecular weight is 543 g/mol. The number of methoxy groups -OCH3 is 1. The molecule has 0 aromatic carbocycles. The fourth-order valence-corrected chi connectivity index (χ4v) is 5.54. The average Bonchev–Trinajstić information content (AvgIpc) is 3.24. The molecule has 1 aliphatic carbocycles. The van der Waals surface area contributed by atoms with Gasteiger partial charge in [-0.2, -0.15) is 5.10 Å². The van der Waals surface area contributed by atoms with Gasteiger partial charge in [-0.1, -0.05) is 0 Å². The lowest BCUT2D eigenvalue weighted by molar-refractivity contribution is -0.117. The molecule has 2 fully saturated rings. The molecular weight excluding hydrogens is 508 g/mol. The number of anilines is 2. The number of likely N-dealkylation sites (tertiary alicyclic amines) is 1. The molecule has 3 N–H and O–H groups in total. The van der Waals surface area contributed by atoms with E-state index in [0.717, 1.165) is 42.6 Å². The zero-order valence-electron chi connectivity index (χ0n) is 22.9. The van der Waals surface area contributed by atoms with Gasteiger partial charge >= 0.3 is 0 Å². The normalized spacial score (nSPS) is 16.1. The fraction of sp³-hybridized carbons (Fsp3) is 0.414. The van der Waals surface area contributed by atoms with E-state index >= 15 is 0 Å². The van der Waals surface area contributed by atoms with Crippen molar-refractivity contribution >= 4 is 34.2 Å². The van der Waals surface area contributed by atoms with E-state index in [1.54, 1.807) is 31.6 Å². The Morgan fingerprint density at radius 1 is 1.10 bits per heavy atom. The van der Waals surface area contributed by atoms with Crippen molar-refractivity contribution in [2.45, 2.75) is 51.1 Å². The zero-order valence-corrected chi connectivity index (χ0v) is 22.9. The van der Waals surface area contributed by atoms with Crippen LogP contribution in [0.3, 0.4) is 0 Å². The van der Waals surface area contributed by atoms with Gasteiger partial charge in [0.2, 0.25) is 5.91 Å². The number of rotatable bonds is 10. The van der Waals surface area contributed by atoms with Crippen molar-refractivity contribution < 1.29 is 14.3 Å². The van der Waals surface area contributed by atoms with Crippen LogP contribution >= 0.6 is 0 Å². The first-order valence-corrected chi connectivity index (χ1v) is 13.8. The fourth-order valence-electron chi connectivity index (χ4n) is 5.54. The zero-order chi connectivity index (χ0) is 27.7. The first kappa shape index (κ1) is 26.1. The monoisotopic (exact) mass is 542 g/mol. The number of aromatic amines is 1. The Bertz CT molecular complexity index is 1550. The van der Waals surface area contributed by atoms with E-state index in [9.17, 15) is 9.59 Å². The molecule has 0 radical (unpaired) electrons. The highest BCUT2D eigenvalue weighted by Gasteiger charge is 2.50. The van der Waals surface area contributed by atoms with Crippen molar-refractivity contribution in [3.63, 3.8) is 0 Å². The molecule has 4 aromatic rings. The number of hydrogen-bond donors (Lipinski definition) is 3. The molecule has 0 unspecified atom stereocenters. The summed E-state index contributed by atoms with van der Waals surface area (Å²) in [6.45, 7) is 4.63. The smallest absolute Gasteiger partial charge is 0.257 e. The number of fused-ring (bicyclic) bond motifs is 1. The number of carbonyl (C=O) groups is 2. The van der Waals surface area contributed by atoms with Gasteiger partial charge in [-0.15, -0.1) is 0 Å². The van der Waals surface area contributed by atoms with Crippen LogP contribution in [0.1, 0.15) is 48.2 Å². The molecule has 4 aromatic heterocycles. The molecule has 5 heterocycles. The molecule has 2 amide bonds. The Balaban J connectivity index is 1.12. The highest BCUT2D eigenvalue weighted by molar-refractivity contribution is 6.06. The number of nitrogens with zero attached hydrogens (tertiary/aromatic N) is 5. The summed E-state index contributed by atoms with van der Waals surface area (Å²) in [6, 6.07) is 5.52. The molecule has 0 atom stereocenters. The van der Waals surface area contributed by atoms with Gasteiger partial charge in [0, 0.05) is 49.1 Å². The molecule has 11 nitrogen and oxygen atoms in total. The minimum atomic E-state index is -0.302. The summed E-state index contributed by atoms with van der Waals surface area (Å²) in [6.07, 6.45) is 12.5. The van der Waals surface area contributed by atoms with Crippen molar-refractivity contribution in [1.82, 2.24) is 29.6 Å². The van der Waals surface area contributed by atoms with E-state index in [4.69, 9.17) is 4.74 Å². The van der Waals surface area contributed by atoms with Crippen LogP contribution in [-0.4, -0.2) is 73.8 Å². The second-order valence-electron chi connectivity index (χ2n) is 10.8. The van der Waals surface area contributed by atoms with Gasteiger partial charge in [-0.3, -0.25) is 24.2 Å². The lowest BCUT2D eigenvalue weighted by Gasteiger charge is -2.23. The second kappa shape index (κ2) is 10.8. The van der Waals surface area contributed by atoms with Gasteiger partial charge in [0.05, 0.1) is 47.3 Å². The molecule has 6 rings (SSSR count). The van der Waals surface area contributed by atoms with Crippen LogP contribution in [0, 0.1) is 6.92 Å². The van der Waals surface area contributed by atoms with E-state index in [2.05, 4.69) is 35.6 Å². The van der Waals surface area contributed by atoms with Crippen molar-refractivity contribution in [3.8, 4) is 11.3 Å². The van der Waals surface area contributed by atoms with Crippen LogP contribution in [0.5, 0.6) is 0 Å². The molecule has 0 bridgehead atoms. The van der Waals surface area contributed by atoms with E-state index < -0.39 is 0 Å². The Kier molecular flexibility index (Phi) is 7.07. The van der Waals surface area contributed by atoms with Crippen LogP contribution < -0.4 is 10.6 Å². The van der Waals surface area contributed by atoms with E-state index in [-0.39, 0.29) is 17.4 Å². The quantitative estimate of drug-likeness (QED) is 0.258. The lowest BCUT2D eigenvalue weighted by Crippen LogP contribution is -2.38. The minimum Gasteiger partial charge on any atom is -0.385 e. The highest BCUT2D eigenvalue weighted by atomic mass is 16.5. The lowest BCUT2D eigenvalue weighted by atomic mass is 10.2. The third kappa shape index (κ3) is 5.47. The predicted octanol–water partition coefficient (Wildman–Crippen LogP) is 3.99. The summed E-state index contributed by atoms with van der Waals surface area (Å²) in [5, 5.41) is 11.1. The van der Waals surface area contributed by atoms with Crippen LogP contribution in [0.2, 0.25) is 0 Å². The van der Waals surface area contributed by atoms with Crippen molar-refractivity contribution in [2.75, 3.05) is 37.4 Å². The Morgan fingerprint density at radius 3 is 2.80 bits per heavy atom. The summed E-state index contributed by atoms with van der Waals surface area (Å²) in [5.41, 5.74) is 4.95. The predicted molar refractivity (Wildman–Crippen MR) is 152 cm³/mol. The highest BCUT2D eigenvalue weighted by Crippen LogP contribution is 2.49. The van der Waals surface area contributed by atoms with Crippen LogP contribution in [0.4, 0.5) is 11.4 Å². The van der Waals surface area contributed by atoms with Crippen LogP contribution in [0.25, 0.3) is 22.3 Å². The standard InChI is InChI=1S/C29H34N8O3/c1-19-24(13-23(16-30-19)33-26(38)18-36-8-3-5-29(36)6-7-29)35-28(39)21-11-20-12-25(34-27(20)31-14-21)22-15-32-37(17-22)9-4-10-40-2/h11-17H,3-10,18H2,1-2H3,(H,31,34)(H,33,38)(H,35,39). The van der Waals surface area contributed by atoms with Gasteiger partial charge in [0.1, 0.15) is 5.65 Å². The molecule has 1 saturated carbocycles. The first-order valence-electron chi connectivity index (χ1n) is 13.8. The minimum absolute atomic E-state index is 0.0606. The Hall–Kier alpha value is -4.09. The number of ether oxygens (including phenoxy) is 1. The SMILES string of the molecule is COCCCn1cc(-c2cc3cc(C(=O)Nc4cc(NC(=O)CN5CCCC56CC6)cnc4C)cnc3[nH]2)cn1. The topological polar surface area (TPSA) is 130 Å². The second-order valence-corrected chi connectivity index (χ2v) is 10.8. The number of amides is 2. The summed E-state index contributed by atoms with van der Waals surface area (Å²) >= 11 is 0. The Morgan fingerprint density at radius 2 is 1.98 bits per heavy atom. The van der Waals surface area contributed by atoms with E-state index in [0.29, 0.717) is 41.4 Å². The van der Waals surface area contributed by atoms with Crippen LogP contribution in [-0.2, 0) is 16.1 Å². The third-order valence-corrected chi connectivity index (χ3v) is 7.93. The number of H-pyrrole nitrogens is 1. The van der Waals surface area contributed by atoms with Gasteiger partial charge in [-0.05, 0) is 63.8 Å². The summed E-state index contributed by atoms with van der Waals surface area (Å²) in [7, 11) is 1.69. The third-order valence-electron chi connectivity index (χ3n) is 7.93. The van der Waals surface area contributed by atoms with E-state index in [1.165, 1.54) is 19.3 Å². The maximum absolute atomic E-state index is 13.2. The summed E-state index contributed by atoms with van der Waals surface area (Å²) < 4.78 is 6.99. The number of carbonyl (C=O) groups excluding carboxylic acids is 2. The summed E-state index contributed by atoms with van der Waals surface area (Å²) in [4.78, 5) is 40.3. The number of aromatic nitrogens is 5. The van der Waals surface area contributed by atoms with Gasteiger partial charge < -0.3 is 20.4 Å². The van der Waals surface area contributed by atoms with Crippen LogP contribution in [0.15, 0.2) is 43.0 Å². The Labute approximate surface area is 232 Å². The molecule has 11 heteroatoms. The number of nitrogens with one attached hydrogen (secondary N) is 3. The molecular formula is C29H34N8O3. The number of hydrogen-bond acceptors (Lipinski definition) is 7. The summed E-state index contributed by atoms with van der Waals surface area (Å²) in [5.74, 6) is -0.362. The van der Waals surface area contributed by atoms with Crippen molar-refractivity contribution in [2.24, 2.45) is 0 Å². The molecule has 1 saturated heterocycles. The largest absolute Gasteiger partial charge is 0.385 e. The molecule has 208 valence electrons. The van der Waals surface area contributed by atoms with Gasteiger partial charge in [0.15, 0.2) is 0 Å². The molecule has 1 spiro atoms. The van der Waals surface area contributed by atoms with E-state index in [1.807, 2.05) is 30.1 Å². The van der Waals surface area contributed by atoms with Gasteiger partial charge in [0.25, 0.3) is 5.91 Å².